The molecule has 0 bridgehead atoms. The molecule has 2 N–H and O–H groups in total. The van der Waals surface area contributed by atoms with Crippen molar-refractivity contribution in [2.24, 2.45) is 5.92 Å². The van der Waals surface area contributed by atoms with Gasteiger partial charge in [-0.1, -0.05) is 11.6 Å². The number of anilines is 1. The molecule has 0 aromatic carbocycles. The molecule has 2 saturated heterocycles. The van der Waals surface area contributed by atoms with Gasteiger partial charge in [0.25, 0.3) is 0 Å². The summed E-state index contributed by atoms with van der Waals surface area (Å²) in [6, 6.07) is 7.96. The van der Waals surface area contributed by atoms with Gasteiger partial charge in [0, 0.05) is 55.0 Å². The van der Waals surface area contributed by atoms with E-state index < -0.39 is 5.60 Å². The normalized spacial score (nSPS) is 19.2. The number of aromatic nitrogens is 3. The number of fused-ring (bicyclic) bond motifs is 1. The number of likely N-dealkylation sites (tertiary alicyclic amines) is 1. The van der Waals surface area contributed by atoms with E-state index in [-0.39, 0.29) is 6.09 Å². The van der Waals surface area contributed by atoms with Crippen molar-refractivity contribution >= 4 is 34.5 Å². The Balaban J connectivity index is 1.32. The summed E-state index contributed by atoms with van der Waals surface area (Å²) in [5.74, 6) is 1.62. The van der Waals surface area contributed by atoms with Crippen molar-refractivity contribution in [1.29, 1.82) is 0 Å². The number of carbonyl (C=O) groups excluding carboxylic acids is 1. The monoisotopic (exact) mass is 525 g/mol. The van der Waals surface area contributed by atoms with Crippen LogP contribution in [0.3, 0.4) is 0 Å². The van der Waals surface area contributed by atoms with E-state index in [9.17, 15) is 4.79 Å². The summed E-state index contributed by atoms with van der Waals surface area (Å²) < 4.78 is 11.1. The predicted molar refractivity (Wildman–Crippen MR) is 146 cm³/mol. The van der Waals surface area contributed by atoms with Crippen molar-refractivity contribution in [1.82, 2.24) is 19.9 Å². The molecular formula is C28H36ClN5O3. The van der Waals surface area contributed by atoms with Crippen LogP contribution in [0.25, 0.3) is 22.3 Å². The van der Waals surface area contributed by atoms with E-state index in [2.05, 4.69) is 21.4 Å². The third-order valence-corrected chi connectivity index (χ3v) is 7.37. The summed E-state index contributed by atoms with van der Waals surface area (Å²) in [6.45, 7) is 9.50. The molecule has 5 rings (SSSR count). The number of rotatable bonds is 5. The van der Waals surface area contributed by atoms with Gasteiger partial charge in [-0.15, -0.1) is 0 Å². The molecule has 2 aliphatic rings. The van der Waals surface area contributed by atoms with Gasteiger partial charge in [-0.25, -0.2) is 14.8 Å². The maximum Gasteiger partial charge on any atom is 0.410 e. The quantitative estimate of drug-likeness (QED) is 0.410. The molecule has 1 atom stereocenters. The number of hydrogen-bond acceptors (Lipinski definition) is 6. The van der Waals surface area contributed by atoms with Crippen molar-refractivity contribution in [2.45, 2.75) is 58.0 Å². The molecule has 1 unspecified atom stereocenters. The lowest BCUT2D eigenvalue weighted by atomic mass is 9.93. The molecule has 0 radical (unpaired) electrons. The van der Waals surface area contributed by atoms with Crippen LogP contribution in [0.1, 0.15) is 58.1 Å². The minimum absolute atomic E-state index is 0.239. The summed E-state index contributed by atoms with van der Waals surface area (Å²) in [6.07, 6.45) is 5.56. The van der Waals surface area contributed by atoms with Crippen LogP contribution >= 0.6 is 11.6 Å². The minimum Gasteiger partial charge on any atom is -0.444 e. The molecule has 3 aromatic heterocycles. The number of nitrogens with zero attached hydrogens (tertiary/aromatic N) is 3. The lowest BCUT2D eigenvalue weighted by Gasteiger charge is -2.33. The van der Waals surface area contributed by atoms with Gasteiger partial charge < -0.3 is 24.7 Å². The Bertz CT molecular complexity index is 1240. The number of hydrogen-bond donors (Lipinski definition) is 2. The highest BCUT2D eigenvalue weighted by atomic mass is 35.5. The first-order chi connectivity index (χ1) is 17.8. The van der Waals surface area contributed by atoms with Gasteiger partial charge in [0.05, 0.1) is 17.3 Å². The van der Waals surface area contributed by atoms with E-state index in [0.717, 1.165) is 72.8 Å². The van der Waals surface area contributed by atoms with Gasteiger partial charge in [0.1, 0.15) is 17.1 Å². The third-order valence-electron chi connectivity index (χ3n) is 7.07. The highest BCUT2D eigenvalue weighted by molar-refractivity contribution is 6.33. The first kappa shape index (κ1) is 25.8. The molecule has 198 valence electrons. The fourth-order valence-corrected chi connectivity index (χ4v) is 5.33. The Morgan fingerprint density at radius 2 is 2.05 bits per heavy atom. The second-order valence-electron chi connectivity index (χ2n) is 11.1. The standard InChI is InChI=1S/C28H36ClN5O3/c1-28(2,3)37-27(35)34-12-9-19(10-13-34)23-15-21-20(8-11-30-26(21)32-23)25-22(29)6-7-24(33-25)31-16-18-5-4-14-36-17-18/h6-8,11,15,18-19H,4-5,9-10,12-14,16-17H2,1-3H3,(H,30,32)(H,31,33). The predicted octanol–water partition coefficient (Wildman–Crippen LogP) is 6.23. The molecule has 3 aromatic rings. The summed E-state index contributed by atoms with van der Waals surface area (Å²) in [4.78, 5) is 27.2. The maximum absolute atomic E-state index is 12.5. The Hall–Kier alpha value is -2.84. The minimum atomic E-state index is -0.487. The highest BCUT2D eigenvalue weighted by Gasteiger charge is 2.28. The first-order valence-corrected chi connectivity index (χ1v) is 13.6. The number of piperidine rings is 1. The maximum atomic E-state index is 12.5. The fraction of sp³-hybridized carbons (Fsp3) is 0.536. The number of H-pyrrole nitrogens is 1. The van der Waals surface area contributed by atoms with Crippen molar-refractivity contribution in [2.75, 3.05) is 38.2 Å². The van der Waals surface area contributed by atoms with Crippen LogP contribution in [0.15, 0.2) is 30.5 Å². The van der Waals surface area contributed by atoms with Gasteiger partial charge in [0.15, 0.2) is 0 Å². The van der Waals surface area contributed by atoms with Gasteiger partial charge >= 0.3 is 6.09 Å². The molecule has 8 nitrogen and oxygen atoms in total. The van der Waals surface area contributed by atoms with Crippen LogP contribution < -0.4 is 5.32 Å². The van der Waals surface area contributed by atoms with Crippen molar-refractivity contribution < 1.29 is 14.3 Å². The number of carbonyl (C=O) groups is 1. The SMILES string of the molecule is CC(C)(C)OC(=O)N1CCC(c2cc3c(-c4nc(NCC5CCCOC5)ccc4Cl)ccnc3[nH]2)CC1. The first-order valence-electron chi connectivity index (χ1n) is 13.2. The number of ether oxygens (including phenoxy) is 2. The van der Waals surface area contributed by atoms with E-state index in [4.69, 9.17) is 26.1 Å². The third kappa shape index (κ3) is 6.18. The summed E-state index contributed by atoms with van der Waals surface area (Å²) in [5, 5.41) is 5.07. The molecule has 0 spiro atoms. The van der Waals surface area contributed by atoms with Crippen LogP contribution in [0.2, 0.25) is 5.02 Å². The Morgan fingerprint density at radius 1 is 1.24 bits per heavy atom. The fourth-order valence-electron chi connectivity index (χ4n) is 5.12. The Morgan fingerprint density at radius 3 is 2.78 bits per heavy atom. The van der Waals surface area contributed by atoms with E-state index in [0.29, 0.717) is 29.9 Å². The lowest BCUT2D eigenvalue weighted by molar-refractivity contribution is 0.0204. The molecule has 0 aliphatic carbocycles. The summed E-state index contributed by atoms with van der Waals surface area (Å²) >= 11 is 6.64. The second kappa shape index (κ2) is 10.9. The Labute approximate surface area is 223 Å². The summed E-state index contributed by atoms with van der Waals surface area (Å²) in [5.41, 5.74) is 3.15. The van der Waals surface area contributed by atoms with Crippen molar-refractivity contribution in [3.05, 3.63) is 41.2 Å². The van der Waals surface area contributed by atoms with E-state index >= 15 is 0 Å². The van der Waals surface area contributed by atoms with E-state index in [1.165, 1.54) is 6.42 Å². The smallest absolute Gasteiger partial charge is 0.410 e. The van der Waals surface area contributed by atoms with Crippen molar-refractivity contribution in [3.8, 4) is 11.3 Å². The molecule has 2 fully saturated rings. The molecule has 5 heterocycles. The Kier molecular flexibility index (Phi) is 7.58. The van der Waals surface area contributed by atoms with Crippen LogP contribution in [-0.4, -0.2) is 64.4 Å². The molecule has 9 heteroatoms. The largest absolute Gasteiger partial charge is 0.444 e. The van der Waals surface area contributed by atoms with Gasteiger partial charge in [-0.2, -0.15) is 0 Å². The molecule has 0 saturated carbocycles. The zero-order chi connectivity index (χ0) is 26.0. The topological polar surface area (TPSA) is 92.4 Å². The van der Waals surface area contributed by atoms with Gasteiger partial charge in [-0.05, 0) is 76.6 Å². The number of pyridine rings is 2. The zero-order valence-electron chi connectivity index (χ0n) is 21.8. The average molecular weight is 526 g/mol. The van der Waals surface area contributed by atoms with Crippen LogP contribution in [-0.2, 0) is 9.47 Å². The zero-order valence-corrected chi connectivity index (χ0v) is 22.6. The number of nitrogens with one attached hydrogen (secondary N) is 2. The van der Waals surface area contributed by atoms with Crippen LogP contribution in [0.5, 0.6) is 0 Å². The molecule has 1 amide bonds. The number of halogens is 1. The molecule has 37 heavy (non-hydrogen) atoms. The molecule has 2 aliphatic heterocycles. The summed E-state index contributed by atoms with van der Waals surface area (Å²) in [7, 11) is 0. The van der Waals surface area contributed by atoms with Gasteiger partial charge in [-0.3, -0.25) is 0 Å². The average Bonchev–Trinajstić information content (AvgIpc) is 3.33. The van der Waals surface area contributed by atoms with Gasteiger partial charge in [0.2, 0.25) is 0 Å². The van der Waals surface area contributed by atoms with E-state index in [1.54, 1.807) is 11.1 Å². The van der Waals surface area contributed by atoms with Crippen molar-refractivity contribution in [3.63, 3.8) is 0 Å². The van der Waals surface area contributed by atoms with Crippen LogP contribution in [0, 0.1) is 5.92 Å². The van der Waals surface area contributed by atoms with Crippen LogP contribution in [0.4, 0.5) is 10.6 Å². The van der Waals surface area contributed by atoms with E-state index in [1.807, 2.05) is 39.0 Å². The lowest BCUT2D eigenvalue weighted by Crippen LogP contribution is -2.41. The highest BCUT2D eigenvalue weighted by Crippen LogP contribution is 2.36. The number of aromatic amines is 1. The molecular weight excluding hydrogens is 490 g/mol. The second-order valence-corrected chi connectivity index (χ2v) is 11.5. The number of amides is 1.